The molecule has 2 aliphatic rings. The van der Waals surface area contributed by atoms with Gasteiger partial charge >= 0.3 is 6.09 Å². The summed E-state index contributed by atoms with van der Waals surface area (Å²) in [5, 5.41) is 4.14. The first-order chi connectivity index (χ1) is 15.2. The molecule has 0 radical (unpaired) electrons. The van der Waals surface area contributed by atoms with Crippen LogP contribution < -0.4 is 10.2 Å². The number of likely N-dealkylation sites (tertiary alicyclic amines) is 1. The van der Waals surface area contributed by atoms with Crippen molar-refractivity contribution in [1.82, 2.24) is 19.9 Å². The van der Waals surface area contributed by atoms with Crippen LogP contribution in [0.15, 0.2) is 47.2 Å². The number of carbonyl (C=O) groups excluding carboxylic acids is 1. The number of nitrogens with zero attached hydrogens (tertiary/aromatic N) is 5. The van der Waals surface area contributed by atoms with Crippen LogP contribution in [0.2, 0.25) is 0 Å². The number of nitrogens with one attached hydrogen (secondary N) is 1. The molecule has 32 heavy (non-hydrogen) atoms. The van der Waals surface area contributed by atoms with Crippen molar-refractivity contribution >= 4 is 50.4 Å². The molecule has 9 heteroatoms. The van der Waals surface area contributed by atoms with Crippen molar-refractivity contribution in [2.75, 3.05) is 36.4 Å². The number of fused-ring (bicyclic) bond motifs is 1. The molecule has 8 nitrogen and oxygen atoms in total. The number of amides is 1. The van der Waals surface area contributed by atoms with Crippen LogP contribution in [-0.4, -0.2) is 57.7 Å². The first-order valence-electron chi connectivity index (χ1n) is 10.6. The molecular weight excluding hydrogens is 472 g/mol. The number of rotatable bonds is 3. The van der Waals surface area contributed by atoms with E-state index in [-0.39, 0.29) is 11.5 Å². The van der Waals surface area contributed by atoms with Crippen molar-refractivity contribution in [2.24, 2.45) is 5.41 Å². The lowest BCUT2D eigenvalue weighted by Gasteiger charge is -2.60. The number of halogens is 1. The van der Waals surface area contributed by atoms with Crippen molar-refractivity contribution in [3.8, 4) is 0 Å². The van der Waals surface area contributed by atoms with E-state index < -0.39 is 5.60 Å². The average molecular weight is 497 g/mol. The first kappa shape index (κ1) is 20.9. The summed E-state index contributed by atoms with van der Waals surface area (Å²) < 4.78 is 6.38. The van der Waals surface area contributed by atoms with Crippen molar-refractivity contribution in [3.63, 3.8) is 0 Å². The quantitative estimate of drug-likeness (QED) is 0.567. The number of benzene rings is 1. The highest BCUT2D eigenvalue weighted by atomic mass is 79.9. The van der Waals surface area contributed by atoms with Gasteiger partial charge in [0.2, 0.25) is 5.95 Å². The standard InChI is InChI=1S/C23H25BrN6O2/c1-22(2,3)32-21(31)30-13-23(14-30)11-29(12-23)16-7-8-18(25-10-16)27-20-26-9-15-5-4-6-17(24)19(15)28-20/h4-10H,11-14H2,1-3H3,(H,25,26,27,28). The van der Waals surface area contributed by atoms with E-state index in [1.54, 1.807) is 11.1 Å². The Morgan fingerprint density at radius 1 is 1.09 bits per heavy atom. The third-order valence-electron chi connectivity index (χ3n) is 5.67. The van der Waals surface area contributed by atoms with E-state index in [1.165, 1.54) is 0 Å². The lowest BCUT2D eigenvalue weighted by Crippen LogP contribution is -2.73. The second-order valence-electron chi connectivity index (χ2n) is 9.59. The first-order valence-corrected chi connectivity index (χ1v) is 11.4. The summed E-state index contributed by atoms with van der Waals surface area (Å²) in [6.07, 6.45) is 3.43. The summed E-state index contributed by atoms with van der Waals surface area (Å²) in [6.45, 7) is 9.01. The zero-order valence-electron chi connectivity index (χ0n) is 18.3. The third kappa shape index (κ3) is 4.09. The fourth-order valence-electron chi connectivity index (χ4n) is 4.21. The van der Waals surface area contributed by atoms with Gasteiger partial charge in [-0.3, -0.25) is 0 Å². The van der Waals surface area contributed by atoms with Crippen molar-refractivity contribution in [2.45, 2.75) is 26.4 Å². The van der Waals surface area contributed by atoms with Crippen LogP contribution >= 0.6 is 15.9 Å². The highest BCUT2D eigenvalue weighted by Crippen LogP contribution is 2.42. The summed E-state index contributed by atoms with van der Waals surface area (Å²) in [4.78, 5) is 29.7. The molecule has 1 aromatic carbocycles. The SMILES string of the molecule is CC(C)(C)OC(=O)N1CC2(C1)CN(c1ccc(Nc3ncc4cccc(Br)c4n3)nc1)C2. The Bertz CT molecular complexity index is 1160. The lowest BCUT2D eigenvalue weighted by molar-refractivity contribution is -0.0453. The normalized spacial score (nSPS) is 17.1. The predicted molar refractivity (Wildman–Crippen MR) is 127 cm³/mol. The highest BCUT2D eigenvalue weighted by Gasteiger charge is 2.54. The topological polar surface area (TPSA) is 83.5 Å². The van der Waals surface area contributed by atoms with Crippen LogP contribution in [0, 0.1) is 5.41 Å². The Kier molecular flexibility index (Phi) is 4.96. The monoisotopic (exact) mass is 496 g/mol. The number of aromatic nitrogens is 3. The Morgan fingerprint density at radius 2 is 1.88 bits per heavy atom. The molecule has 2 aromatic heterocycles. The second kappa shape index (κ2) is 7.58. The molecule has 0 bridgehead atoms. The van der Waals surface area contributed by atoms with Gasteiger partial charge in [-0.1, -0.05) is 12.1 Å². The molecule has 166 valence electrons. The fraction of sp³-hybridized carbons (Fsp3) is 0.391. The molecule has 2 aliphatic heterocycles. The minimum absolute atomic E-state index is 0.181. The number of para-hydroxylation sites is 1. The minimum Gasteiger partial charge on any atom is -0.444 e. The Balaban J connectivity index is 1.17. The smallest absolute Gasteiger partial charge is 0.410 e. The van der Waals surface area contributed by atoms with Crippen LogP contribution in [0.5, 0.6) is 0 Å². The van der Waals surface area contributed by atoms with Crippen molar-refractivity contribution < 1.29 is 9.53 Å². The summed E-state index contributed by atoms with van der Waals surface area (Å²) >= 11 is 3.53. The summed E-state index contributed by atoms with van der Waals surface area (Å²) in [5.41, 5.74) is 1.65. The number of ether oxygens (including phenoxy) is 1. The zero-order valence-corrected chi connectivity index (χ0v) is 19.9. The van der Waals surface area contributed by atoms with Crippen LogP contribution in [0.3, 0.4) is 0 Å². The number of anilines is 3. The lowest BCUT2D eigenvalue weighted by atomic mass is 9.73. The molecule has 3 aromatic rings. The molecule has 5 rings (SSSR count). The van der Waals surface area contributed by atoms with Crippen LogP contribution in [0.25, 0.3) is 10.9 Å². The van der Waals surface area contributed by atoms with E-state index >= 15 is 0 Å². The van der Waals surface area contributed by atoms with Crippen LogP contribution in [-0.2, 0) is 4.74 Å². The highest BCUT2D eigenvalue weighted by molar-refractivity contribution is 9.10. The average Bonchev–Trinajstić information content (AvgIpc) is 2.66. The number of hydrogen-bond donors (Lipinski definition) is 1. The van der Waals surface area contributed by atoms with Crippen LogP contribution in [0.4, 0.5) is 22.2 Å². The molecular formula is C23H25BrN6O2. The van der Waals surface area contributed by atoms with E-state index in [0.717, 1.165) is 47.2 Å². The fourth-order valence-corrected chi connectivity index (χ4v) is 4.68. The van der Waals surface area contributed by atoms with Crippen molar-refractivity contribution in [3.05, 3.63) is 47.2 Å². The second-order valence-corrected chi connectivity index (χ2v) is 10.4. The largest absolute Gasteiger partial charge is 0.444 e. The predicted octanol–water partition coefficient (Wildman–Crippen LogP) is 4.59. The van der Waals surface area contributed by atoms with Gasteiger partial charge < -0.3 is 19.9 Å². The van der Waals surface area contributed by atoms with Crippen molar-refractivity contribution in [1.29, 1.82) is 0 Å². The summed E-state index contributed by atoms with van der Waals surface area (Å²) in [7, 11) is 0. The summed E-state index contributed by atoms with van der Waals surface area (Å²) in [6, 6.07) is 9.87. The van der Waals surface area contributed by atoms with Gasteiger partial charge in [0.25, 0.3) is 0 Å². The molecule has 2 saturated heterocycles. The zero-order chi connectivity index (χ0) is 22.5. The van der Waals surface area contributed by atoms with Gasteiger partial charge in [0.05, 0.1) is 17.4 Å². The van der Waals surface area contributed by atoms with E-state index in [4.69, 9.17) is 4.74 Å². The number of hydrogen-bond acceptors (Lipinski definition) is 7. The van der Waals surface area contributed by atoms with E-state index in [9.17, 15) is 4.79 Å². The molecule has 0 atom stereocenters. The molecule has 1 spiro atoms. The maximum Gasteiger partial charge on any atom is 0.410 e. The van der Waals surface area contributed by atoms with E-state index in [0.29, 0.717) is 11.8 Å². The molecule has 4 heterocycles. The van der Waals surface area contributed by atoms with Gasteiger partial charge in [-0.15, -0.1) is 0 Å². The molecule has 0 unspecified atom stereocenters. The van der Waals surface area contributed by atoms with E-state index in [1.807, 2.05) is 57.3 Å². The van der Waals surface area contributed by atoms with E-state index in [2.05, 4.69) is 41.1 Å². The van der Waals surface area contributed by atoms with Gasteiger partial charge in [-0.2, -0.15) is 0 Å². The van der Waals surface area contributed by atoms with Gasteiger partial charge in [0.15, 0.2) is 0 Å². The maximum atomic E-state index is 12.2. The molecule has 1 amide bonds. The van der Waals surface area contributed by atoms with Gasteiger partial charge in [-0.05, 0) is 54.9 Å². The van der Waals surface area contributed by atoms with Gasteiger partial charge in [0.1, 0.15) is 11.4 Å². The Hall–Kier alpha value is -2.94. The minimum atomic E-state index is -0.457. The Labute approximate surface area is 195 Å². The molecule has 0 aliphatic carbocycles. The summed E-state index contributed by atoms with van der Waals surface area (Å²) in [5.74, 6) is 1.19. The molecule has 2 fully saturated rings. The number of pyridine rings is 1. The van der Waals surface area contributed by atoms with Gasteiger partial charge in [0, 0.05) is 47.6 Å². The van der Waals surface area contributed by atoms with Crippen LogP contribution in [0.1, 0.15) is 20.8 Å². The third-order valence-corrected chi connectivity index (χ3v) is 6.31. The molecule has 1 N–H and O–H groups in total. The van der Waals surface area contributed by atoms with Gasteiger partial charge in [-0.25, -0.2) is 19.7 Å². The maximum absolute atomic E-state index is 12.2. The Morgan fingerprint density at radius 3 is 2.56 bits per heavy atom. The number of carbonyl (C=O) groups is 1. The molecule has 0 saturated carbocycles.